The Kier molecular flexibility index (Phi) is 9.27. The summed E-state index contributed by atoms with van der Waals surface area (Å²) in [5.74, 6) is 3.97. The van der Waals surface area contributed by atoms with Crippen molar-refractivity contribution in [1.29, 1.82) is 0 Å². The average molecular weight is 404 g/mol. The maximum Gasteiger partial charge on any atom is 0.228 e. The molecule has 2 N–H and O–H groups in total. The standard InChI is InChI=1S/C21H33N5O3/c1-6-28-18-14-16(9-10-17(18)27-5)8-7-12-23-21(22-4)24-13-11-19-25-20(15(2)3)26-29-19/h9-10,14-15H,6-8,11-13H2,1-5H3,(H2,22,23,24). The molecule has 2 rings (SSSR count). The Hall–Kier alpha value is -2.77. The number of hydrogen-bond donors (Lipinski definition) is 2. The lowest BCUT2D eigenvalue weighted by atomic mass is 10.1. The van der Waals surface area contributed by atoms with Crippen LogP contribution in [0.2, 0.25) is 0 Å². The Bertz CT molecular complexity index is 773. The van der Waals surface area contributed by atoms with Crippen LogP contribution in [-0.4, -0.2) is 50.0 Å². The van der Waals surface area contributed by atoms with Gasteiger partial charge in [-0.3, -0.25) is 4.99 Å². The van der Waals surface area contributed by atoms with Gasteiger partial charge in [0.1, 0.15) is 0 Å². The zero-order chi connectivity index (χ0) is 21.1. The number of aromatic nitrogens is 2. The number of aliphatic imine (C=N–C) groups is 1. The van der Waals surface area contributed by atoms with E-state index in [2.05, 4.69) is 31.8 Å². The molecule has 0 fully saturated rings. The third-order valence-electron chi connectivity index (χ3n) is 4.32. The number of benzene rings is 1. The summed E-state index contributed by atoms with van der Waals surface area (Å²) in [4.78, 5) is 8.63. The lowest BCUT2D eigenvalue weighted by Crippen LogP contribution is -2.38. The van der Waals surface area contributed by atoms with Gasteiger partial charge in [-0.25, -0.2) is 0 Å². The first kappa shape index (κ1) is 22.5. The molecule has 0 saturated carbocycles. The zero-order valence-corrected chi connectivity index (χ0v) is 18.1. The second kappa shape index (κ2) is 11.9. The van der Waals surface area contributed by atoms with Crippen molar-refractivity contribution in [3.8, 4) is 11.5 Å². The summed E-state index contributed by atoms with van der Waals surface area (Å²) in [5, 5.41) is 10.6. The number of nitrogens with zero attached hydrogens (tertiary/aromatic N) is 3. The molecule has 8 nitrogen and oxygen atoms in total. The van der Waals surface area contributed by atoms with Crippen LogP contribution in [0.1, 0.15) is 50.4 Å². The molecule has 0 atom stereocenters. The molecule has 0 aliphatic rings. The van der Waals surface area contributed by atoms with Crippen LogP contribution in [0.3, 0.4) is 0 Å². The molecule has 1 heterocycles. The fourth-order valence-electron chi connectivity index (χ4n) is 2.76. The van der Waals surface area contributed by atoms with Gasteiger partial charge in [-0.2, -0.15) is 4.98 Å². The average Bonchev–Trinajstić information content (AvgIpc) is 3.19. The van der Waals surface area contributed by atoms with E-state index in [0.29, 0.717) is 25.5 Å². The Morgan fingerprint density at radius 2 is 1.97 bits per heavy atom. The van der Waals surface area contributed by atoms with E-state index in [9.17, 15) is 0 Å². The van der Waals surface area contributed by atoms with E-state index in [4.69, 9.17) is 14.0 Å². The van der Waals surface area contributed by atoms with Crippen molar-refractivity contribution in [3.63, 3.8) is 0 Å². The Morgan fingerprint density at radius 3 is 2.62 bits per heavy atom. The number of ether oxygens (including phenoxy) is 2. The largest absolute Gasteiger partial charge is 0.493 e. The molecule has 0 amide bonds. The minimum absolute atomic E-state index is 0.269. The molecule has 8 heteroatoms. The van der Waals surface area contributed by atoms with Gasteiger partial charge < -0.3 is 24.6 Å². The van der Waals surface area contributed by atoms with Crippen LogP contribution >= 0.6 is 0 Å². The van der Waals surface area contributed by atoms with Crippen molar-refractivity contribution in [2.45, 2.75) is 46.0 Å². The highest BCUT2D eigenvalue weighted by molar-refractivity contribution is 5.79. The number of nitrogens with one attached hydrogen (secondary N) is 2. The predicted octanol–water partition coefficient (Wildman–Crippen LogP) is 2.94. The molecule has 29 heavy (non-hydrogen) atoms. The quantitative estimate of drug-likeness (QED) is 0.338. The van der Waals surface area contributed by atoms with E-state index in [1.165, 1.54) is 5.56 Å². The maximum atomic E-state index is 5.64. The third kappa shape index (κ3) is 7.29. The monoisotopic (exact) mass is 403 g/mol. The maximum absolute atomic E-state index is 5.64. The van der Waals surface area contributed by atoms with Crippen LogP contribution in [0.5, 0.6) is 11.5 Å². The van der Waals surface area contributed by atoms with Crippen molar-refractivity contribution < 1.29 is 14.0 Å². The zero-order valence-electron chi connectivity index (χ0n) is 18.1. The fourth-order valence-corrected chi connectivity index (χ4v) is 2.76. The van der Waals surface area contributed by atoms with Gasteiger partial charge in [-0.1, -0.05) is 25.1 Å². The topological polar surface area (TPSA) is 93.8 Å². The molecule has 0 aliphatic heterocycles. The first-order valence-corrected chi connectivity index (χ1v) is 10.1. The molecule has 0 saturated heterocycles. The first-order chi connectivity index (χ1) is 14.1. The molecular weight excluding hydrogens is 370 g/mol. The van der Waals surface area contributed by atoms with Crippen molar-refractivity contribution >= 4 is 5.96 Å². The molecule has 0 spiro atoms. The van der Waals surface area contributed by atoms with Gasteiger partial charge in [0, 0.05) is 32.5 Å². The van der Waals surface area contributed by atoms with Crippen LogP contribution in [-0.2, 0) is 12.8 Å². The van der Waals surface area contributed by atoms with E-state index >= 15 is 0 Å². The van der Waals surface area contributed by atoms with Crippen LogP contribution in [0.15, 0.2) is 27.7 Å². The van der Waals surface area contributed by atoms with Crippen molar-refractivity contribution in [1.82, 2.24) is 20.8 Å². The van der Waals surface area contributed by atoms with Crippen LogP contribution in [0.4, 0.5) is 0 Å². The van der Waals surface area contributed by atoms with E-state index in [1.54, 1.807) is 14.2 Å². The van der Waals surface area contributed by atoms with Crippen LogP contribution in [0.25, 0.3) is 0 Å². The van der Waals surface area contributed by atoms with Crippen LogP contribution < -0.4 is 20.1 Å². The summed E-state index contributed by atoms with van der Waals surface area (Å²) in [5.41, 5.74) is 1.22. The lowest BCUT2D eigenvalue weighted by molar-refractivity contribution is 0.310. The predicted molar refractivity (Wildman–Crippen MR) is 114 cm³/mol. The SMILES string of the molecule is CCOc1cc(CCCNC(=NC)NCCc2nc(C(C)C)no2)ccc1OC. The smallest absolute Gasteiger partial charge is 0.228 e. The van der Waals surface area contributed by atoms with E-state index < -0.39 is 0 Å². The molecule has 0 unspecified atom stereocenters. The summed E-state index contributed by atoms with van der Waals surface area (Å²) in [7, 11) is 3.42. The van der Waals surface area contributed by atoms with Gasteiger partial charge in [0.15, 0.2) is 23.3 Å². The van der Waals surface area contributed by atoms with Crippen LogP contribution in [0, 0.1) is 0 Å². The summed E-state index contributed by atoms with van der Waals surface area (Å²) < 4.78 is 16.2. The first-order valence-electron chi connectivity index (χ1n) is 10.1. The highest BCUT2D eigenvalue weighted by Crippen LogP contribution is 2.28. The van der Waals surface area contributed by atoms with Gasteiger partial charge in [0.25, 0.3) is 0 Å². The molecule has 0 radical (unpaired) electrons. The van der Waals surface area contributed by atoms with Gasteiger partial charge in [-0.15, -0.1) is 0 Å². The molecular formula is C21H33N5O3. The summed E-state index contributed by atoms with van der Waals surface area (Å²) >= 11 is 0. The highest BCUT2D eigenvalue weighted by atomic mass is 16.5. The number of methoxy groups -OCH3 is 1. The lowest BCUT2D eigenvalue weighted by Gasteiger charge is -2.12. The van der Waals surface area contributed by atoms with Gasteiger partial charge >= 0.3 is 0 Å². The molecule has 1 aromatic heterocycles. The Morgan fingerprint density at radius 1 is 1.17 bits per heavy atom. The second-order valence-electron chi connectivity index (χ2n) is 6.90. The number of rotatable bonds is 11. The number of guanidine groups is 1. The fraction of sp³-hybridized carbons (Fsp3) is 0.571. The van der Waals surface area contributed by atoms with E-state index in [0.717, 1.165) is 42.7 Å². The minimum Gasteiger partial charge on any atom is -0.493 e. The van der Waals surface area contributed by atoms with E-state index in [1.807, 2.05) is 32.9 Å². The van der Waals surface area contributed by atoms with Crippen molar-refractivity contribution in [2.75, 3.05) is 33.9 Å². The van der Waals surface area contributed by atoms with Crippen molar-refractivity contribution in [3.05, 3.63) is 35.5 Å². The summed E-state index contributed by atoms with van der Waals surface area (Å²) in [6, 6.07) is 6.08. The van der Waals surface area contributed by atoms with Crippen molar-refractivity contribution in [2.24, 2.45) is 4.99 Å². The third-order valence-corrected chi connectivity index (χ3v) is 4.32. The highest BCUT2D eigenvalue weighted by Gasteiger charge is 2.09. The Balaban J connectivity index is 1.70. The molecule has 160 valence electrons. The van der Waals surface area contributed by atoms with Gasteiger partial charge in [-0.05, 0) is 37.5 Å². The molecule has 0 aliphatic carbocycles. The number of hydrogen-bond acceptors (Lipinski definition) is 6. The minimum atomic E-state index is 0.269. The second-order valence-corrected chi connectivity index (χ2v) is 6.90. The summed E-state index contributed by atoms with van der Waals surface area (Å²) in [6.07, 6.45) is 2.57. The summed E-state index contributed by atoms with van der Waals surface area (Å²) in [6.45, 7) is 8.16. The normalized spacial score (nSPS) is 11.6. The Labute approximate surface area is 173 Å². The molecule has 2 aromatic rings. The van der Waals surface area contributed by atoms with Gasteiger partial charge in [0.2, 0.25) is 5.89 Å². The molecule has 0 bridgehead atoms. The molecule has 1 aromatic carbocycles. The number of aryl methyl sites for hydroxylation is 1. The van der Waals surface area contributed by atoms with Gasteiger partial charge in [0.05, 0.1) is 13.7 Å². The van der Waals surface area contributed by atoms with E-state index in [-0.39, 0.29) is 5.92 Å².